The number of rotatable bonds is 12. The third-order valence-corrected chi connectivity index (χ3v) is 7.15. The van der Waals surface area contributed by atoms with Crippen LogP contribution in [0, 0.1) is 5.92 Å². The number of carbonyl (C=O) groups excluding carboxylic acids is 1. The van der Waals surface area contributed by atoms with Crippen LogP contribution in [0.3, 0.4) is 0 Å². The van der Waals surface area contributed by atoms with Crippen LogP contribution < -0.4 is 15.2 Å². The smallest absolute Gasteiger partial charge is 0.308 e. The van der Waals surface area contributed by atoms with Gasteiger partial charge in [-0.05, 0) is 49.1 Å². The van der Waals surface area contributed by atoms with Gasteiger partial charge in [0.05, 0.1) is 12.5 Å². The van der Waals surface area contributed by atoms with Crippen molar-refractivity contribution in [2.75, 3.05) is 39.5 Å². The Morgan fingerprint density at radius 3 is 2.75 bits per heavy atom. The third-order valence-electron chi connectivity index (χ3n) is 7.15. The molecular weight excluding hydrogens is 460 g/mol. The molecule has 0 spiro atoms. The second-order valence-electron chi connectivity index (χ2n) is 9.46. The zero-order chi connectivity index (χ0) is 25.5. The first kappa shape index (κ1) is 25.9. The van der Waals surface area contributed by atoms with Crippen molar-refractivity contribution in [3.05, 3.63) is 53.9 Å². The van der Waals surface area contributed by atoms with E-state index in [0.29, 0.717) is 50.5 Å². The van der Waals surface area contributed by atoms with Gasteiger partial charge in [0.2, 0.25) is 12.7 Å². The van der Waals surface area contributed by atoms with E-state index in [1.54, 1.807) is 6.20 Å². The average Bonchev–Trinajstić information content (AvgIpc) is 3.50. The average molecular weight is 497 g/mol. The highest BCUT2D eigenvalue weighted by molar-refractivity contribution is 5.79. The molecule has 2 aromatic rings. The monoisotopic (exact) mass is 496 g/mol. The van der Waals surface area contributed by atoms with E-state index < -0.39 is 11.9 Å². The minimum Gasteiger partial charge on any atom is -0.481 e. The van der Waals surface area contributed by atoms with Crippen LogP contribution in [0.1, 0.15) is 43.4 Å². The van der Waals surface area contributed by atoms with E-state index in [4.69, 9.17) is 15.2 Å². The molecule has 1 aromatic heterocycles. The minimum absolute atomic E-state index is 0.00721. The molecule has 0 saturated carbocycles. The van der Waals surface area contributed by atoms with E-state index in [2.05, 4.69) is 16.8 Å². The first-order valence-electron chi connectivity index (χ1n) is 12.8. The Labute approximate surface area is 212 Å². The van der Waals surface area contributed by atoms with Gasteiger partial charge in [-0.2, -0.15) is 0 Å². The number of fused-ring (bicyclic) bond motifs is 1. The number of carboxylic acids is 1. The predicted octanol–water partition coefficient (Wildman–Crippen LogP) is 2.50. The Balaban J connectivity index is 1.59. The van der Waals surface area contributed by atoms with Crippen LogP contribution >= 0.6 is 0 Å². The number of carbonyl (C=O) groups is 2. The lowest BCUT2D eigenvalue weighted by molar-refractivity contribution is -0.143. The van der Waals surface area contributed by atoms with E-state index in [9.17, 15) is 14.7 Å². The zero-order valence-corrected chi connectivity index (χ0v) is 20.8. The van der Waals surface area contributed by atoms with E-state index in [-0.39, 0.29) is 31.2 Å². The Kier molecular flexibility index (Phi) is 8.77. The van der Waals surface area contributed by atoms with Crippen molar-refractivity contribution in [3.63, 3.8) is 0 Å². The molecule has 1 saturated heterocycles. The van der Waals surface area contributed by atoms with Crippen LogP contribution in [0.15, 0.2) is 42.6 Å². The number of hydrogen-bond acceptors (Lipinski definition) is 7. The van der Waals surface area contributed by atoms with Gasteiger partial charge in [-0.3, -0.25) is 19.5 Å². The summed E-state index contributed by atoms with van der Waals surface area (Å²) in [6, 6.07) is 11.1. The third kappa shape index (κ3) is 5.96. The second-order valence-corrected chi connectivity index (χ2v) is 9.46. The molecule has 194 valence electrons. The number of hydrogen-bond donors (Lipinski definition) is 2. The summed E-state index contributed by atoms with van der Waals surface area (Å²) in [6.07, 6.45) is 4.86. The highest BCUT2D eigenvalue weighted by Gasteiger charge is 2.47. The number of aromatic nitrogens is 1. The maximum Gasteiger partial charge on any atom is 0.308 e. The summed E-state index contributed by atoms with van der Waals surface area (Å²) in [5, 5.41) is 10.4. The molecule has 3 heterocycles. The molecule has 0 bridgehead atoms. The molecule has 0 unspecified atom stereocenters. The van der Waals surface area contributed by atoms with E-state index in [0.717, 1.165) is 24.1 Å². The van der Waals surface area contributed by atoms with Crippen LogP contribution in [-0.4, -0.2) is 77.3 Å². The van der Waals surface area contributed by atoms with Gasteiger partial charge in [0, 0.05) is 50.0 Å². The molecule has 9 heteroatoms. The molecule has 1 amide bonds. The summed E-state index contributed by atoms with van der Waals surface area (Å²) in [5.41, 5.74) is 7.57. The molecule has 2 aliphatic rings. The van der Waals surface area contributed by atoms with Gasteiger partial charge < -0.3 is 25.2 Å². The zero-order valence-electron chi connectivity index (χ0n) is 20.8. The van der Waals surface area contributed by atoms with Crippen LogP contribution in [0.2, 0.25) is 0 Å². The van der Waals surface area contributed by atoms with Crippen molar-refractivity contribution < 1.29 is 24.2 Å². The number of aliphatic carboxylic acids is 1. The van der Waals surface area contributed by atoms with Gasteiger partial charge in [-0.1, -0.05) is 25.5 Å². The van der Waals surface area contributed by atoms with Gasteiger partial charge in [0.1, 0.15) is 0 Å². The molecule has 9 nitrogen and oxygen atoms in total. The number of nitrogens with two attached hydrogens (primary N) is 1. The molecule has 36 heavy (non-hydrogen) atoms. The van der Waals surface area contributed by atoms with Crippen LogP contribution in [-0.2, 0) is 16.0 Å². The second kappa shape index (κ2) is 12.2. The number of nitrogens with zero attached hydrogens (tertiary/aromatic N) is 3. The molecule has 0 aliphatic carbocycles. The number of amides is 1. The summed E-state index contributed by atoms with van der Waals surface area (Å²) in [5.74, 6) is -0.520. The summed E-state index contributed by atoms with van der Waals surface area (Å²) in [6.45, 7) is 4.45. The minimum atomic E-state index is -0.858. The lowest BCUT2D eigenvalue weighted by atomic mass is 9.83. The Morgan fingerprint density at radius 2 is 2.03 bits per heavy atom. The highest BCUT2D eigenvalue weighted by atomic mass is 16.7. The molecule has 1 fully saturated rings. The van der Waals surface area contributed by atoms with Gasteiger partial charge in [-0.25, -0.2) is 0 Å². The standard InChI is InChI=1S/C27H36N4O5/c1-2-3-13-30(14-11-28)25(32)17-31-16-21(19-7-10-23-24(15-19)36-18-35-23)26(27(33)34)22(31)9-8-20-6-4-5-12-29-20/h4-7,10,12,15,21-22,26H,2-3,8-9,11,13-14,16-18,28H2,1H3,(H,33,34)/t21-,22+,26-/m1/s1. The van der Waals surface area contributed by atoms with Crippen molar-refractivity contribution in [3.8, 4) is 11.5 Å². The number of carboxylic acid groups (broad SMARTS) is 1. The fourth-order valence-corrected chi connectivity index (χ4v) is 5.32. The first-order chi connectivity index (χ1) is 17.5. The molecule has 2 aliphatic heterocycles. The van der Waals surface area contributed by atoms with E-state index in [1.807, 2.05) is 41.3 Å². The quantitative estimate of drug-likeness (QED) is 0.460. The topological polar surface area (TPSA) is 118 Å². The normalized spacial score (nSPS) is 21.0. The fourth-order valence-electron chi connectivity index (χ4n) is 5.32. The lowest BCUT2D eigenvalue weighted by Gasteiger charge is -2.29. The number of pyridine rings is 1. The van der Waals surface area contributed by atoms with Crippen molar-refractivity contribution in [1.29, 1.82) is 0 Å². The van der Waals surface area contributed by atoms with Crippen LogP contribution in [0.5, 0.6) is 11.5 Å². The number of likely N-dealkylation sites (tertiary alicyclic amines) is 1. The van der Waals surface area contributed by atoms with Crippen molar-refractivity contribution in [2.45, 2.75) is 44.6 Å². The Bertz CT molecular complexity index is 1030. The van der Waals surface area contributed by atoms with E-state index in [1.165, 1.54) is 0 Å². The number of benzene rings is 1. The van der Waals surface area contributed by atoms with E-state index >= 15 is 0 Å². The Hall–Kier alpha value is -3.17. The molecule has 3 atom stereocenters. The highest BCUT2D eigenvalue weighted by Crippen LogP contribution is 2.42. The lowest BCUT2D eigenvalue weighted by Crippen LogP contribution is -2.45. The predicted molar refractivity (Wildman–Crippen MR) is 135 cm³/mol. The first-order valence-corrected chi connectivity index (χ1v) is 12.8. The van der Waals surface area contributed by atoms with Crippen molar-refractivity contribution >= 4 is 11.9 Å². The molecular formula is C27H36N4O5. The summed E-state index contributed by atoms with van der Waals surface area (Å²) < 4.78 is 11.0. The van der Waals surface area contributed by atoms with Crippen molar-refractivity contribution in [1.82, 2.24) is 14.8 Å². The summed E-state index contributed by atoms with van der Waals surface area (Å²) >= 11 is 0. The number of aryl methyl sites for hydroxylation is 1. The largest absolute Gasteiger partial charge is 0.481 e. The van der Waals surface area contributed by atoms with Gasteiger partial charge in [-0.15, -0.1) is 0 Å². The fraction of sp³-hybridized carbons (Fsp3) is 0.519. The van der Waals surface area contributed by atoms with Crippen LogP contribution in [0.25, 0.3) is 0 Å². The van der Waals surface area contributed by atoms with Gasteiger partial charge in [0.15, 0.2) is 11.5 Å². The van der Waals surface area contributed by atoms with Crippen LogP contribution in [0.4, 0.5) is 0 Å². The van der Waals surface area contributed by atoms with Crippen molar-refractivity contribution in [2.24, 2.45) is 11.7 Å². The Morgan fingerprint density at radius 1 is 1.19 bits per heavy atom. The number of ether oxygens (including phenoxy) is 2. The summed E-state index contributed by atoms with van der Waals surface area (Å²) in [7, 11) is 0. The van der Waals surface area contributed by atoms with Gasteiger partial charge >= 0.3 is 5.97 Å². The maximum atomic E-state index is 13.3. The number of unbranched alkanes of at least 4 members (excludes halogenated alkanes) is 1. The van der Waals surface area contributed by atoms with Gasteiger partial charge in [0.25, 0.3) is 0 Å². The molecule has 0 radical (unpaired) electrons. The maximum absolute atomic E-state index is 13.3. The SMILES string of the molecule is CCCCN(CCN)C(=O)CN1C[C@H](c2ccc3c(c2)OCO3)[C@@H](C(=O)O)[C@@H]1CCc1ccccn1. The molecule has 1 aromatic carbocycles. The molecule has 4 rings (SSSR count). The molecule has 3 N–H and O–H groups in total. The summed E-state index contributed by atoms with van der Waals surface area (Å²) in [4.78, 5) is 34.2.